The smallest absolute Gasteiger partial charge is 0.349 e. The van der Waals surface area contributed by atoms with Crippen molar-refractivity contribution in [2.75, 3.05) is 6.61 Å². The summed E-state index contributed by atoms with van der Waals surface area (Å²) in [7, 11) is 0. The van der Waals surface area contributed by atoms with Gasteiger partial charge in [0.25, 0.3) is 0 Å². The molecule has 4 nitrogen and oxygen atoms in total. The van der Waals surface area contributed by atoms with Crippen LogP contribution >= 0.6 is 0 Å². The molecule has 0 heterocycles. The van der Waals surface area contributed by atoms with E-state index in [1.807, 2.05) is 20.8 Å². The fraction of sp³-hybridized carbons (Fsp3) is 0.889. The number of ether oxygens (including phenoxy) is 1. The summed E-state index contributed by atoms with van der Waals surface area (Å²) in [5.41, 5.74) is -1.12. The van der Waals surface area contributed by atoms with Gasteiger partial charge in [0.1, 0.15) is 0 Å². The lowest BCUT2D eigenvalue weighted by atomic mass is 9.95. The van der Waals surface area contributed by atoms with Crippen LogP contribution in [-0.4, -0.2) is 23.4 Å². The lowest BCUT2D eigenvalue weighted by Crippen LogP contribution is -2.34. The van der Waals surface area contributed by atoms with Gasteiger partial charge in [-0.05, 0) is 34.6 Å². The SMILES string of the molecule is CC(C)(C)OCC(C)(C)C(=O)OO. The Balaban J connectivity index is 4.11. The monoisotopic (exact) mass is 190 g/mol. The lowest BCUT2D eigenvalue weighted by molar-refractivity contribution is -0.247. The average Bonchev–Trinajstić information content (AvgIpc) is 1.98. The van der Waals surface area contributed by atoms with E-state index in [1.165, 1.54) is 0 Å². The van der Waals surface area contributed by atoms with Gasteiger partial charge in [-0.15, -0.1) is 0 Å². The van der Waals surface area contributed by atoms with Gasteiger partial charge in [-0.1, -0.05) is 0 Å². The second-order valence-corrected chi connectivity index (χ2v) is 4.66. The zero-order chi connectivity index (χ0) is 10.7. The average molecular weight is 190 g/mol. The summed E-state index contributed by atoms with van der Waals surface area (Å²) >= 11 is 0. The molecule has 4 heteroatoms. The molecule has 0 aliphatic rings. The van der Waals surface area contributed by atoms with E-state index in [-0.39, 0.29) is 12.2 Å². The summed E-state index contributed by atoms with van der Waals surface area (Å²) in [6.45, 7) is 9.21. The first-order valence-corrected chi connectivity index (χ1v) is 4.19. The molecule has 0 rings (SSSR count). The summed E-state index contributed by atoms with van der Waals surface area (Å²) in [6.07, 6.45) is 0. The number of carbonyl (C=O) groups is 1. The molecule has 0 saturated heterocycles. The largest absolute Gasteiger partial charge is 0.375 e. The third-order valence-electron chi connectivity index (χ3n) is 1.50. The van der Waals surface area contributed by atoms with Crippen LogP contribution in [0, 0.1) is 5.41 Å². The van der Waals surface area contributed by atoms with E-state index < -0.39 is 11.4 Å². The molecule has 0 radical (unpaired) electrons. The van der Waals surface area contributed by atoms with Crippen molar-refractivity contribution >= 4 is 5.97 Å². The minimum atomic E-state index is -0.817. The van der Waals surface area contributed by atoms with E-state index in [0.29, 0.717) is 0 Å². The van der Waals surface area contributed by atoms with Crippen molar-refractivity contribution < 1.29 is 19.7 Å². The molecule has 0 aromatic heterocycles. The van der Waals surface area contributed by atoms with Gasteiger partial charge in [0.05, 0.1) is 17.6 Å². The first-order valence-electron chi connectivity index (χ1n) is 4.19. The van der Waals surface area contributed by atoms with E-state index >= 15 is 0 Å². The Kier molecular flexibility index (Phi) is 3.88. The van der Waals surface area contributed by atoms with Gasteiger partial charge in [-0.2, -0.15) is 5.26 Å². The molecule has 0 fully saturated rings. The van der Waals surface area contributed by atoms with Gasteiger partial charge in [-0.3, -0.25) is 0 Å². The van der Waals surface area contributed by atoms with E-state index in [1.54, 1.807) is 13.8 Å². The molecule has 0 aliphatic carbocycles. The first-order chi connectivity index (χ1) is 5.69. The molecule has 78 valence electrons. The summed E-state index contributed by atoms with van der Waals surface area (Å²) in [6, 6.07) is 0. The highest BCUT2D eigenvalue weighted by Crippen LogP contribution is 2.20. The van der Waals surface area contributed by atoms with E-state index in [2.05, 4.69) is 4.89 Å². The second kappa shape index (κ2) is 4.07. The van der Waals surface area contributed by atoms with Gasteiger partial charge in [0, 0.05) is 0 Å². The van der Waals surface area contributed by atoms with Crippen molar-refractivity contribution in [3.05, 3.63) is 0 Å². The molecule has 13 heavy (non-hydrogen) atoms. The molecule has 0 aromatic rings. The Hall–Kier alpha value is -0.610. The van der Waals surface area contributed by atoms with E-state index in [4.69, 9.17) is 9.99 Å². The summed E-state index contributed by atoms with van der Waals surface area (Å²) in [4.78, 5) is 14.7. The molecule has 0 bridgehead atoms. The third-order valence-corrected chi connectivity index (χ3v) is 1.50. The zero-order valence-electron chi connectivity index (χ0n) is 8.88. The van der Waals surface area contributed by atoms with Gasteiger partial charge in [0.15, 0.2) is 0 Å². The summed E-state index contributed by atoms with van der Waals surface area (Å²) in [5.74, 6) is -0.684. The van der Waals surface area contributed by atoms with Crippen molar-refractivity contribution in [3.8, 4) is 0 Å². The molecule has 0 atom stereocenters. The van der Waals surface area contributed by atoms with Crippen molar-refractivity contribution in [3.63, 3.8) is 0 Å². The first kappa shape index (κ1) is 12.4. The molecule has 0 spiro atoms. The fourth-order valence-corrected chi connectivity index (χ4v) is 0.579. The molecule has 0 saturated carbocycles. The summed E-state index contributed by atoms with van der Waals surface area (Å²) in [5, 5.41) is 8.19. The van der Waals surface area contributed by atoms with Crippen molar-refractivity contribution in [2.45, 2.75) is 40.2 Å². The minimum Gasteiger partial charge on any atom is -0.375 e. The van der Waals surface area contributed by atoms with Crippen LogP contribution in [0.2, 0.25) is 0 Å². The molecule has 1 N–H and O–H groups in total. The van der Waals surface area contributed by atoms with Gasteiger partial charge in [0.2, 0.25) is 0 Å². The highest BCUT2D eigenvalue weighted by Gasteiger charge is 2.32. The highest BCUT2D eigenvalue weighted by molar-refractivity contribution is 5.75. The van der Waals surface area contributed by atoms with Crippen molar-refractivity contribution in [2.24, 2.45) is 5.41 Å². The maximum Gasteiger partial charge on any atom is 0.349 e. The van der Waals surface area contributed by atoms with E-state index in [9.17, 15) is 4.79 Å². The molecule has 0 amide bonds. The van der Waals surface area contributed by atoms with Crippen LogP contribution in [0.5, 0.6) is 0 Å². The Labute approximate surface area is 78.8 Å². The van der Waals surface area contributed by atoms with Gasteiger partial charge >= 0.3 is 5.97 Å². The topological polar surface area (TPSA) is 55.8 Å². The van der Waals surface area contributed by atoms with Crippen LogP contribution in [0.25, 0.3) is 0 Å². The number of hydrogen-bond donors (Lipinski definition) is 1. The van der Waals surface area contributed by atoms with E-state index in [0.717, 1.165) is 0 Å². The van der Waals surface area contributed by atoms with Crippen molar-refractivity contribution in [1.82, 2.24) is 0 Å². The van der Waals surface area contributed by atoms with Gasteiger partial charge < -0.3 is 9.62 Å². The molecule has 0 unspecified atom stereocenters. The number of hydrogen-bond acceptors (Lipinski definition) is 4. The maximum atomic E-state index is 11.0. The fourth-order valence-electron chi connectivity index (χ4n) is 0.579. The molecular weight excluding hydrogens is 172 g/mol. The Morgan fingerprint density at radius 2 is 1.69 bits per heavy atom. The predicted octanol–water partition coefficient (Wildman–Crippen LogP) is 1.84. The Morgan fingerprint density at radius 1 is 1.23 bits per heavy atom. The highest BCUT2D eigenvalue weighted by atomic mass is 17.1. The van der Waals surface area contributed by atoms with Crippen LogP contribution in [0.3, 0.4) is 0 Å². The Morgan fingerprint density at radius 3 is 2.00 bits per heavy atom. The van der Waals surface area contributed by atoms with Crippen LogP contribution in [0.15, 0.2) is 0 Å². The zero-order valence-corrected chi connectivity index (χ0v) is 8.88. The summed E-state index contributed by atoms with van der Waals surface area (Å²) < 4.78 is 5.41. The number of carbonyl (C=O) groups excluding carboxylic acids is 1. The van der Waals surface area contributed by atoms with Crippen LogP contribution in [0.4, 0.5) is 0 Å². The lowest BCUT2D eigenvalue weighted by Gasteiger charge is -2.26. The van der Waals surface area contributed by atoms with Crippen LogP contribution in [0.1, 0.15) is 34.6 Å². The van der Waals surface area contributed by atoms with Gasteiger partial charge in [-0.25, -0.2) is 4.79 Å². The Bertz CT molecular complexity index is 179. The molecule has 0 aromatic carbocycles. The normalized spacial score (nSPS) is 12.8. The third kappa shape index (κ3) is 4.85. The van der Waals surface area contributed by atoms with Crippen LogP contribution in [-0.2, 0) is 14.4 Å². The molecule has 0 aliphatic heterocycles. The van der Waals surface area contributed by atoms with Crippen LogP contribution < -0.4 is 0 Å². The predicted molar refractivity (Wildman–Crippen MR) is 48.2 cm³/mol. The second-order valence-electron chi connectivity index (χ2n) is 4.66. The maximum absolute atomic E-state index is 11.0. The number of rotatable bonds is 3. The quantitative estimate of drug-likeness (QED) is 0.545. The van der Waals surface area contributed by atoms with Crippen molar-refractivity contribution in [1.29, 1.82) is 0 Å². The molecular formula is C9H18O4. The minimum absolute atomic E-state index is 0.218. The standard InChI is InChI=1S/C9H18O4/c1-8(2,3)12-6-9(4,5)7(10)13-11/h11H,6H2,1-5H3.